The fraction of sp³-hybridized carbons (Fsp3) is 0.235. The van der Waals surface area contributed by atoms with Gasteiger partial charge in [0, 0.05) is 20.2 Å². The van der Waals surface area contributed by atoms with E-state index in [2.05, 4.69) is 4.72 Å². The molecule has 134 valence electrons. The summed E-state index contributed by atoms with van der Waals surface area (Å²) in [6, 6.07) is 11.2. The van der Waals surface area contributed by atoms with Gasteiger partial charge >= 0.3 is 5.97 Å². The number of sulfonamides is 1. The Kier molecular flexibility index (Phi) is 6.27. The number of nitrogens with one attached hydrogen (secondary N) is 1. The van der Waals surface area contributed by atoms with Gasteiger partial charge in [0.2, 0.25) is 10.0 Å². The van der Waals surface area contributed by atoms with Crippen LogP contribution in [0.4, 0.5) is 0 Å². The van der Waals surface area contributed by atoms with Crippen LogP contribution < -0.4 is 10.5 Å². The summed E-state index contributed by atoms with van der Waals surface area (Å²) in [5, 5.41) is 9.31. The molecule has 0 saturated heterocycles. The van der Waals surface area contributed by atoms with Crippen molar-refractivity contribution in [2.24, 2.45) is 5.73 Å². The van der Waals surface area contributed by atoms with Crippen LogP contribution in [-0.2, 0) is 21.3 Å². The van der Waals surface area contributed by atoms with Crippen LogP contribution in [0.1, 0.15) is 15.9 Å². The van der Waals surface area contributed by atoms with E-state index in [1.54, 1.807) is 18.2 Å². The number of rotatable bonds is 8. The van der Waals surface area contributed by atoms with Crippen molar-refractivity contribution in [2.45, 2.75) is 11.4 Å². The summed E-state index contributed by atoms with van der Waals surface area (Å²) in [6.07, 6.45) is 0. The molecule has 4 N–H and O–H groups in total. The summed E-state index contributed by atoms with van der Waals surface area (Å²) in [5.74, 6) is -1.20. The lowest BCUT2D eigenvalue weighted by atomic mass is 10.0. The van der Waals surface area contributed by atoms with E-state index in [9.17, 15) is 18.3 Å². The molecule has 0 radical (unpaired) electrons. The molecule has 0 atom stereocenters. The SMILES string of the molecule is COCCNS(=O)(=O)c1cc(C(=O)O)cc(-c2cccc(CN)c2)c1. The predicted molar refractivity (Wildman–Crippen MR) is 93.8 cm³/mol. The second kappa shape index (κ2) is 8.21. The summed E-state index contributed by atoms with van der Waals surface area (Å²) in [7, 11) is -2.39. The number of benzene rings is 2. The van der Waals surface area contributed by atoms with Gasteiger partial charge < -0.3 is 15.6 Å². The molecule has 2 aromatic rings. The zero-order valence-electron chi connectivity index (χ0n) is 13.7. The monoisotopic (exact) mass is 364 g/mol. The highest BCUT2D eigenvalue weighted by molar-refractivity contribution is 7.89. The van der Waals surface area contributed by atoms with E-state index >= 15 is 0 Å². The first kappa shape index (κ1) is 19.1. The van der Waals surface area contributed by atoms with Crippen LogP contribution >= 0.6 is 0 Å². The van der Waals surface area contributed by atoms with Gasteiger partial charge in [0.1, 0.15) is 0 Å². The number of hydrogen-bond donors (Lipinski definition) is 3. The van der Waals surface area contributed by atoms with Crippen molar-refractivity contribution in [2.75, 3.05) is 20.3 Å². The lowest BCUT2D eigenvalue weighted by molar-refractivity contribution is 0.0696. The van der Waals surface area contributed by atoms with Crippen LogP contribution in [0.15, 0.2) is 47.4 Å². The fourth-order valence-corrected chi connectivity index (χ4v) is 3.37. The third-order valence-electron chi connectivity index (χ3n) is 3.56. The summed E-state index contributed by atoms with van der Waals surface area (Å²) < 4.78 is 32.0. The molecule has 8 heteroatoms. The van der Waals surface area contributed by atoms with Gasteiger partial charge in [-0.05, 0) is 41.0 Å². The van der Waals surface area contributed by atoms with Crippen molar-refractivity contribution >= 4 is 16.0 Å². The van der Waals surface area contributed by atoms with E-state index in [1.807, 2.05) is 6.07 Å². The van der Waals surface area contributed by atoms with Crippen molar-refractivity contribution in [3.05, 3.63) is 53.6 Å². The van der Waals surface area contributed by atoms with E-state index in [0.717, 1.165) is 11.6 Å². The second-order valence-corrected chi connectivity index (χ2v) is 7.11. The standard InChI is InChI=1S/C17H20N2O5S/c1-24-6-5-19-25(22,23)16-9-14(8-15(10-16)17(20)21)13-4-2-3-12(7-13)11-18/h2-4,7-10,19H,5-6,11,18H2,1H3,(H,20,21). The molecule has 0 unspecified atom stereocenters. The second-order valence-electron chi connectivity index (χ2n) is 5.35. The van der Waals surface area contributed by atoms with Crippen molar-refractivity contribution in [3.63, 3.8) is 0 Å². The average Bonchev–Trinajstić information content (AvgIpc) is 2.61. The highest BCUT2D eigenvalue weighted by Crippen LogP contribution is 2.25. The first-order chi connectivity index (χ1) is 11.9. The van der Waals surface area contributed by atoms with E-state index in [1.165, 1.54) is 19.2 Å². The molecule has 0 aliphatic heterocycles. The number of methoxy groups -OCH3 is 1. The van der Waals surface area contributed by atoms with Crippen molar-refractivity contribution in [1.29, 1.82) is 0 Å². The normalized spacial score (nSPS) is 11.4. The minimum atomic E-state index is -3.85. The molecule has 0 amide bonds. The zero-order chi connectivity index (χ0) is 18.4. The predicted octanol–water partition coefficient (Wildman–Crippen LogP) is 1.44. The number of carbonyl (C=O) groups is 1. The Morgan fingerprint density at radius 2 is 1.96 bits per heavy atom. The smallest absolute Gasteiger partial charge is 0.335 e. The Labute approximate surface area is 146 Å². The van der Waals surface area contributed by atoms with Crippen LogP contribution in [0.5, 0.6) is 0 Å². The molecule has 0 aliphatic carbocycles. The molecular weight excluding hydrogens is 344 g/mol. The molecule has 2 aromatic carbocycles. The van der Waals surface area contributed by atoms with Crippen LogP contribution in [0.25, 0.3) is 11.1 Å². The number of nitrogens with two attached hydrogens (primary N) is 1. The molecular formula is C17H20N2O5S. The molecule has 25 heavy (non-hydrogen) atoms. The highest BCUT2D eigenvalue weighted by Gasteiger charge is 2.18. The van der Waals surface area contributed by atoms with Gasteiger partial charge in [0.05, 0.1) is 17.1 Å². The van der Waals surface area contributed by atoms with Gasteiger partial charge in [-0.1, -0.05) is 18.2 Å². The molecule has 0 saturated carbocycles. The van der Waals surface area contributed by atoms with E-state index in [-0.39, 0.29) is 23.6 Å². The van der Waals surface area contributed by atoms with Gasteiger partial charge in [-0.3, -0.25) is 0 Å². The maximum absolute atomic E-state index is 12.4. The van der Waals surface area contributed by atoms with Gasteiger partial charge in [0.15, 0.2) is 0 Å². The van der Waals surface area contributed by atoms with Crippen LogP contribution in [0, 0.1) is 0 Å². The number of ether oxygens (including phenoxy) is 1. The molecule has 0 spiro atoms. The number of carboxylic acid groups (broad SMARTS) is 1. The maximum atomic E-state index is 12.4. The number of aromatic carboxylic acids is 1. The summed E-state index contributed by atoms with van der Waals surface area (Å²) in [6.45, 7) is 0.633. The lowest BCUT2D eigenvalue weighted by Gasteiger charge is -2.11. The average molecular weight is 364 g/mol. The third-order valence-corrected chi connectivity index (χ3v) is 5.00. The quantitative estimate of drug-likeness (QED) is 0.610. The van der Waals surface area contributed by atoms with Crippen LogP contribution in [-0.4, -0.2) is 39.8 Å². The summed E-state index contributed by atoms with van der Waals surface area (Å²) in [4.78, 5) is 11.3. The topological polar surface area (TPSA) is 119 Å². The van der Waals surface area contributed by atoms with Crippen LogP contribution in [0.2, 0.25) is 0 Å². The maximum Gasteiger partial charge on any atom is 0.335 e. The molecule has 0 bridgehead atoms. The fourth-order valence-electron chi connectivity index (χ4n) is 2.28. The molecule has 0 aliphatic rings. The third kappa shape index (κ3) is 4.86. The minimum Gasteiger partial charge on any atom is -0.478 e. The van der Waals surface area contributed by atoms with Crippen LogP contribution in [0.3, 0.4) is 0 Å². The summed E-state index contributed by atoms with van der Waals surface area (Å²) >= 11 is 0. The van der Waals surface area contributed by atoms with E-state index < -0.39 is 16.0 Å². The Hall–Kier alpha value is -2.26. The summed E-state index contributed by atoms with van der Waals surface area (Å²) in [5.41, 5.74) is 7.57. The van der Waals surface area contributed by atoms with E-state index in [0.29, 0.717) is 17.7 Å². The van der Waals surface area contributed by atoms with Gasteiger partial charge in [0.25, 0.3) is 0 Å². The first-order valence-electron chi connectivity index (χ1n) is 7.54. The zero-order valence-corrected chi connectivity index (χ0v) is 14.5. The Bertz CT molecular complexity index is 865. The number of carboxylic acids is 1. The largest absolute Gasteiger partial charge is 0.478 e. The van der Waals surface area contributed by atoms with Crippen molar-refractivity contribution < 1.29 is 23.1 Å². The lowest BCUT2D eigenvalue weighted by Crippen LogP contribution is -2.27. The van der Waals surface area contributed by atoms with Crippen molar-refractivity contribution in [3.8, 4) is 11.1 Å². The van der Waals surface area contributed by atoms with Crippen molar-refractivity contribution in [1.82, 2.24) is 4.72 Å². The molecule has 7 nitrogen and oxygen atoms in total. The Morgan fingerprint density at radius 1 is 1.20 bits per heavy atom. The van der Waals surface area contributed by atoms with Gasteiger partial charge in [-0.25, -0.2) is 17.9 Å². The molecule has 0 fully saturated rings. The first-order valence-corrected chi connectivity index (χ1v) is 9.02. The molecule has 2 rings (SSSR count). The highest BCUT2D eigenvalue weighted by atomic mass is 32.2. The Balaban J connectivity index is 2.51. The van der Waals surface area contributed by atoms with Gasteiger partial charge in [-0.2, -0.15) is 0 Å². The minimum absolute atomic E-state index is 0.0914. The number of hydrogen-bond acceptors (Lipinski definition) is 5. The molecule has 0 heterocycles. The van der Waals surface area contributed by atoms with E-state index in [4.69, 9.17) is 10.5 Å². The van der Waals surface area contributed by atoms with Gasteiger partial charge in [-0.15, -0.1) is 0 Å². The molecule has 0 aromatic heterocycles. The Morgan fingerprint density at radius 3 is 2.60 bits per heavy atom.